The number of carbonyl (C=O) groups is 1. The summed E-state index contributed by atoms with van der Waals surface area (Å²) in [5, 5.41) is 24.3. The lowest BCUT2D eigenvalue weighted by Gasteiger charge is -2.01. The number of halogens is 1. The van der Waals surface area contributed by atoms with E-state index < -0.39 is 5.97 Å². The van der Waals surface area contributed by atoms with Crippen molar-refractivity contribution in [2.45, 2.75) is 6.92 Å². The Hall–Kier alpha value is -2.08. The standard InChI is InChI=1S/C10H7ClN4O2/c1-5-12-14-9(15-13-5)6-2-7(10(16)17)4-8(11)3-6/h2-4H,1H3,(H,16,17). The van der Waals surface area contributed by atoms with Crippen LogP contribution in [0.5, 0.6) is 0 Å². The van der Waals surface area contributed by atoms with Crippen molar-refractivity contribution in [3.8, 4) is 11.4 Å². The molecule has 2 aromatic rings. The van der Waals surface area contributed by atoms with E-state index in [1.807, 2.05) is 0 Å². The predicted octanol–water partition coefficient (Wildman–Crippen LogP) is 1.59. The SMILES string of the molecule is Cc1nnc(-c2cc(Cl)cc(C(=O)O)c2)nn1. The molecule has 0 bridgehead atoms. The summed E-state index contributed by atoms with van der Waals surface area (Å²) >= 11 is 5.82. The number of benzene rings is 1. The van der Waals surface area contributed by atoms with Gasteiger partial charge >= 0.3 is 5.97 Å². The van der Waals surface area contributed by atoms with Gasteiger partial charge in [-0.15, -0.1) is 20.4 Å². The summed E-state index contributed by atoms with van der Waals surface area (Å²) in [5.41, 5.74) is 0.534. The summed E-state index contributed by atoms with van der Waals surface area (Å²) in [7, 11) is 0. The van der Waals surface area contributed by atoms with E-state index in [4.69, 9.17) is 16.7 Å². The zero-order valence-electron chi connectivity index (χ0n) is 8.75. The molecule has 0 amide bonds. The molecule has 0 unspecified atom stereocenters. The molecule has 17 heavy (non-hydrogen) atoms. The van der Waals surface area contributed by atoms with Crippen LogP contribution in [0.2, 0.25) is 5.02 Å². The third-order valence-electron chi connectivity index (χ3n) is 1.98. The predicted molar refractivity (Wildman–Crippen MR) is 59.8 cm³/mol. The van der Waals surface area contributed by atoms with Crippen LogP contribution in [0.4, 0.5) is 0 Å². The first-order valence-corrected chi connectivity index (χ1v) is 5.02. The Labute approximate surface area is 101 Å². The number of aromatic nitrogens is 4. The van der Waals surface area contributed by atoms with Crippen molar-refractivity contribution in [3.63, 3.8) is 0 Å². The van der Waals surface area contributed by atoms with Crippen molar-refractivity contribution in [3.05, 3.63) is 34.6 Å². The van der Waals surface area contributed by atoms with E-state index in [1.165, 1.54) is 12.1 Å². The first kappa shape index (κ1) is 11.4. The summed E-state index contributed by atoms with van der Waals surface area (Å²) in [6.07, 6.45) is 0. The minimum atomic E-state index is -1.07. The Balaban J connectivity index is 2.51. The Morgan fingerprint density at radius 2 is 1.82 bits per heavy atom. The number of carboxylic acids is 1. The van der Waals surface area contributed by atoms with Crippen molar-refractivity contribution < 1.29 is 9.90 Å². The molecule has 1 aromatic carbocycles. The van der Waals surface area contributed by atoms with Crippen LogP contribution in [0.15, 0.2) is 18.2 Å². The second-order valence-electron chi connectivity index (χ2n) is 3.30. The van der Waals surface area contributed by atoms with Crippen molar-refractivity contribution in [2.24, 2.45) is 0 Å². The van der Waals surface area contributed by atoms with Gasteiger partial charge in [0.15, 0.2) is 5.82 Å². The van der Waals surface area contributed by atoms with Crippen LogP contribution in [0.3, 0.4) is 0 Å². The van der Waals surface area contributed by atoms with E-state index in [0.717, 1.165) is 0 Å². The van der Waals surface area contributed by atoms with Crippen LogP contribution in [-0.2, 0) is 0 Å². The van der Waals surface area contributed by atoms with Crippen molar-refractivity contribution in [1.82, 2.24) is 20.4 Å². The average molecular weight is 251 g/mol. The fourth-order valence-electron chi connectivity index (χ4n) is 1.24. The first-order valence-electron chi connectivity index (χ1n) is 4.64. The maximum absolute atomic E-state index is 10.9. The highest BCUT2D eigenvalue weighted by Crippen LogP contribution is 2.21. The molecule has 1 N–H and O–H groups in total. The van der Waals surface area contributed by atoms with Crippen LogP contribution >= 0.6 is 11.6 Å². The molecule has 6 nitrogen and oxygen atoms in total. The number of carboxylic acid groups (broad SMARTS) is 1. The maximum atomic E-state index is 10.9. The highest BCUT2D eigenvalue weighted by Gasteiger charge is 2.10. The van der Waals surface area contributed by atoms with Gasteiger partial charge in [0.25, 0.3) is 0 Å². The number of hydrogen-bond donors (Lipinski definition) is 1. The van der Waals surface area contributed by atoms with Crippen molar-refractivity contribution >= 4 is 17.6 Å². The molecule has 0 atom stereocenters. The second-order valence-corrected chi connectivity index (χ2v) is 3.74. The minimum Gasteiger partial charge on any atom is -0.478 e. The topological polar surface area (TPSA) is 88.9 Å². The molecule has 1 heterocycles. The molecule has 0 aliphatic rings. The van der Waals surface area contributed by atoms with E-state index in [-0.39, 0.29) is 11.4 Å². The van der Waals surface area contributed by atoms with Crippen molar-refractivity contribution in [2.75, 3.05) is 0 Å². The molecule has 0 saturated heterocycles. The summed E-state index contributed by atoms with van der Waals surface area (Å²) < 4.78 is 0. The minimum absolute atomic E-state index is 0.0664. The van der Waals surface area contributed by atoms with Gasteiger partial charge in [-0.1, -0.05) is 11.6 Å². The van der Waals surface area contributed by atoms with E-state index in [0.29, 0.717) is 16.4 Å². The quantitative estimate of drug-likeness (QED) is 0.871. The van der Waals surface area contributed by atoms with Gasteiger partial charge in [0.05, 0.1) is 5.56 Å². The molecule has 86 valence electrons. The normalized spacial score (nSPS) is 10.2. The molecule has 0 fully saturated rings. The zero-order chi connectivity index (χ0) is 12.4. The molecular weight excluding hydrogens is 244 g/mol. The Bertz CT molecular complexity index is 571. The molecule has 0 aliphatic carbocycles. The third kappa shape index (κ3) is 2.54. The number of aromatic carboxylic acids is 1. The van der Waals surface area contributed by atoms with Gasteiger partial charge in [-0.25, -0.2) is 4.79 Å². The van der Waals surface area contributed by atoms with Crippen LogP contribution in [-0.4, -0.2) is 31.5 Å². The summed E-state index contributed by atoms with van der Waals surface area (Å²) in [5.74, 6) is -0.392. The van der Waals surface area contributed by atoms with Gasteiger partial charge in [0.2, 0.25) is 5.82 Å². The molecule has 0 saturated carbocycles. The fourth-order valence-corrected chi connectivity index (χ4v) is 1.47. The number of rotatable bonds is 2. The maximum Gasteiger partial charge on any atom is 0.335 e. The number of nitrogens with zero attached hydrogens (tertiary/aromatic N) is 4. The highest BCUT2D eigenvalue weighted by molar-refractivity contribution is 6.31. The van der Waals surface area contributed by atoms with Gasteiger partial charge in [-0.3, -0.25) is 0 Å². The van der Waals surface area contributed by atoms with Gasteiger partial charge in [0.1, 0.15) is 0 Å². The van der Waals surface area contributed by atoms with Gasteiger partial charge in [-0.2, -0.15) is 0 Å². The van der Waals surface area contributed by atoms with E-state index >= 15 is 0 Å². The largest absolute Gasteiger partial charge is 0.478 e. The molecule has 1 aromatic heterocycles. The van der Waals surface area contributed by atoms with Gasteiger partial charge in [0, 0.05) is 10.6 Å². The third-order valence-corrected chi connectivity index (χ3v) is 2.20. The first-order chi connectivity index (χ1) is 8.06. The van der Waals surface area contributed by atoms with Gasteiger partial charge < -0.3 is 5.11 Å². The summed E-state index contributed by atoms with van der Waals surface area (Å²) in [6.45, 7) is 1.66. The van der Waals surface area contributed by atoms with E-state index in [1.54, 1.807) is 13.0 Å². The zero-order valence-corrected chi connectivity index (χ0v) is 9.51. The van der Waals surface area contributed by atoms with Crippen LogP contribution in [0, 0.1) is 6.92 Å². The molecule has 0 aliphatic heterocycles. The van der Waals surface area contributed by atoms with E-state index in [2.05, 4.69) is 20.4 Å². The molecule has 0 spiro atoms. The lowest BCUT2D eigenvalue weighted by molar-refractivity contribution is 0.0697. The Morgan fingerprint density at radius 3 is 2.41 bits per heavy atom. The smallest absolute Gasteiger partial charge is 0.335 e. The molecular formula is C10H7ClN4O2. The van der Waals surface area contributed by atoms with Crippen molar-refractivity contribution in [1.29, 1.82) is 0 Å². The lowest BCUT2D eigenvalue weighted by atomic mass is 10.1. The number of hydrogen-bond acceptors (Lipinski definition) is 5. The molecule has 7 heteroatoms. The highest BCUT2D eigenvalue weighted by atomic mass is 35.5. The average Bonchev–Trinajstić information content (AvgIpc) is 2.29. The summed E-state index contributed by atoms with van der Waals surface area (Å²) in [6, 6.07) is 4.33. The second kappa shape index (κ2) is 4.42. The van der Waals surface area contributed by atoms with Gasteiger partial charge in [-0.05, 0) is 25.1 Å². The monoisotopic (exact) mass is 250 g/mol. The Morgan fingerprint density at radius 1 is 1.18 bits per heavy atom. The Kier molecular flexibility index (Phi) is 2.97. The fraction of sp³-hybridized carbons (Fsp3) is 0.100. The van der Waals surface area contributed by atoms with Crippen LogP contribution in [0.1, 0.15) is 16.2 Å². The molecule has 2 rings (SSSR count). The van der Waals surface area contributed by atoms with E-state index in [9.17, 15) is 4.79 Å². The lowest BCUT2D eigenvalue weighted by Crippen LogP contribution is -2.01. The van der Waals surface area contributed by atoms with Crippen LogP contribution < -0.4 is 0 Å². The molecule has 0 radical (unpaired) electrons. The van der Waals surface area contributed by atoms with Crippen LogP contribution in [0.25, 0.3) is 11.4 Å². The summed E-state index contributed by atoms with van der Waals surface area (Å²) in [4.78, 5) is 10.9. The number of aryl methyl sites for hydroxylation is 1.